The fourth-order valence-corrected chi connectivity index (χ4v) is 4.79. The predicted octanol–water partition coefficient (Wildman–Crippen LogP) is 2.30. The largest absolute Gasteiger partial charge is 0.492 e. The first kappa shape index (κ1) is 16.2. The Balaban J connectivity index is 1.35. The van der Waals surface area contributed by atoms with E-state index in [1.165, 1.54) is 0 Å². The van der Waals surface area contributed by atoms with E-state index in [0.29, 0.717) is 30.2 Å². The van der Waals surface area contributed by atoms with E-state index >= 15 is 0 Å². The summed E-state index contributed by atoms with van der Waals surface area (Å²) in [6, 6.07) is 12.7. The SMILES string of the molecule is O=S1(=O)CCC(NCCOc2ccc3c(c2)OCO3)c2ccccc21. The number of hydrogen-bond acceptors (Lipinski definition) is 6. The summed E-state index contributed by atoms with van der Waals surface area (Å²) in [6.45, 7) is 1.34. The first-order chi connectivity index (χ1) is 12.1. The molecule has 1 unspecified atom stereocenters. The number of hydrogen-bond donors (Lipinski definition) is 1. The molecule has 4 rings (SSSR count). The highest BCUT2D eigenvalue weighted by Crippen LogP contribution is 2.35. The first-order valence-electron chi connectivity index (χ1n) is 8.21. The molecule has 0 saturated heterocycles. The quantitative estimate of drug-likeness (QED) is 0.824. The van der Waals surface area contributed by atoms with Gasteiger partial charge in [-0.15, -0.1) is 0 Å². The summed E-state index contributed by atoms with van der Waals surface area (Å²) in [5.74, 6) is 2.31. The van der Waals surface area contributed by atoms with Crippen LogP contribution in [-0.2, 0) is 9.84 Å². The Morgan fingerprint density at radius 1 is 1.12 bits per heavy atom. The summed E-state index contributed by atoms with van der Waals surface area (Å²) in [6.07, 6.45) is 0.573. The van der Waals surface area contributed by atoms with Gasteiger partial charge in [-0.1, -0.05) is 18.2 Å². The summed E-state index contributed by atoms with van der Waals surface area (Å²) in [7, 11) is -3.15. The molecule has 6 nitrogen and oxygen atoms in total. The van der Waals surface area contributed by atoms with E-state index in [9.17, 15) is 8.42 Å². The molecular formula is C18H19NO5S. The summed E-state index contributed by atoms with van der Waals surface area (Å²) in [5, 5.41) is 3.39. The van der Waals surface area contributed by atoms with E-state index in [1.54, 1.807) is 12.1 Å². The Labute approximate surface area is 146 Å². The van der Waals surface area contributed by atoms with Crippen molar-refractivity contribution in [2.24, 2.45) is 0 Å². The fourth-order valence-electron chi connectivity index (χ4n) is 3.17. The summed E-state index contributed by atoms with van der Waals surface area (Å²) in [5.41, 5.74) is 0.844. The Morgan fingerprint density at radius 2 is 1.96 bits per heavy atom. The lowest BCUT2D eigenvalue weighted by Gasteiger charge is -2.26. The van der Waals surface area contributed by atoms with E-state index in [4.69, 9.17) is 14.2 Å². The van der Waals surface area contributed by atoms with Crippen molar-refractivity contribution in [3.05, 3.63) is 48.0 Å². The normalized spacial score (nSPS) is 20.1. The van der Waals surface area contributed by atoms with Crippen LogP contribution < -0.4 is 19.5 Å². The summed E-state index contributed by atoms with van der Waals surface area (Å²) >= 11 is 0. The third-order valence-corrected chi connectivity index (χ3v) is 6.23. The Bertz CT molecular complexity index is 881. The molecule has 0 saturated carbocycles. The average Bonchev–Trinajstić information content (AvgIpc) is 3.08. The van der Waals surface area contributed by atoms with Gasteiger partial charge in [-0.3, -0.25) is 0 Å². The zero-order chi connectivity index (χ0) is 17.3. The van der Waals surface area contributed by atoms with Gasteiger partial charge in [-0.05, 0) is 30.2 Å². The van der Waals surface area contributed by atoms with Crippen molar-refractivity contribution in [1.82, 2.24) is 5.32 Å². The summed E-state index contributed by atoms with van der Waals surface area (Å²) < 4.78 is 40.6. The van der Waals surface area contributed by atoms with Gasteiger partial charge in [0, 0.05) is 18.7 Å². The van der Waals surface area contributed by atoms with Gasteiger partial charge in [0.1, 0.15) is 12.4 Å². The Kier molecular flexibility index (Phi) is 4.27. The van der Waals surface area contributed by atoms with Crippen molar-refractivity contribution in [3.8, 4) is 17.2 Å². The van der Waals surface area contributed by atoms with Crippen LogP contribution in [0.3, 0.4) is 0 Å². The molecule has 2 aromatic rings. The van der Waals surface area contributed by atoms with E-state index < -0.39 is 9.84 Å². The molecular weight excluding hydrogens is 342 g/mol. The van der Waals surface area contributed by atoms with Crippen LogP contribution in [0.4, 0.5) is 0 Å². The second-order valence-corrected chi connectivity index (χ2v) is 8.09. The number of sulfone groups is 1. The van der Waals surface area contributed by atoms with E-state index in [0.717, 1.165) is 17.1 Å². The molecule has 0 bridgehead atoms. The van der Waals surface area contributed by atoms with Crippen molar-refractivity contribution < 1.29 is 22.6 Å². The van der Waals surface area contributed by atoms with E-state index in [2.05, 4.69) is 5.32 Å². The minimum Gasteiger partial charge on any atom is -0.492 e. The maximum Gasteiger partial charge on any atom is 0.231 e. The molecule has 25 heavy (non-hydrogen) atoms. The lowest BCUT2D eigenvalue weighted by atomic mass is 10.0. The average molecular weight is 361 g/mol. The van der Waals surface area contributed by atoms with Crippen LogP contribution in [0.25, 0.3) is 0 Å². The van der Waals surface area contributed by atoms with Crippen LogP contribution in [0.2, 0.25) is 0 Å². The molecule has 0 amide bonds. The highest BCUT2D eigenvalue weighted by molar-refractivity contribution is 7.91. The molecule has 1 atom stereocenters. The minimum absolute atomic E-state index is 0.0279. The van der Waals surface area contributed by atoms with Crippen molar-refractivity contribution in [2.75, 3.05) is 25.7 Å². The second kappa shape index (κ2) is 6.57. The van der Waals surface area contributed by atoms with Crippen LogP contribution in [-0.4, -0.2) is 34.1 Å². The van der Waals surface area contributed by atoms with Crippen LogP contribution in [0.15, 0.2) is 47.4 Å². The van der Waals surface area contributed by atoms with Gasteiger partial charge in [0.25, 0.3) is 0 Å². The third-order valence-electron chi connectivity index (χ3n) is 4.41. The molecule has 0 fully saturated rings. The monoisotopic (exact) mass is 361 g/mol. The lowest BCUT2D eigenvalue weighted by molar-refractivity contribution is 0.173. The Hall–Kier alpha value is -2.25. The molecule has 7 heteroatoms. The number of benzene rings is 2. The molecule has 2 aromatic carbocycles. The standard InChI is InChI=1S/C18H19NO5S/c20-25(21)10-7-15(14-3-1-2-4-18(14)25)19-8-9-22-13-5-6-16-17(11-13)24-12-23-16/h1-6,11,15,19H,7-10,12H2. The van der Waals surface area contributed by atoms with Crippen molar-refractivity contribution in [3.63, 3.8) is 0 Å². The third kappa shape index (κ3) is 3.29. The van der Waals surface area contributed by atoms with Crippen molar-refractivity contribution in [1.29, 1.82) is 0 Å². The van der Waals surface area contributed by atoms with Gasteiger partial charge in [0.15, 0.2) is 21.3 Å². The first-order valence-corrected chi connectivity index (χ1v) is 9.86. The molecule has 2 heterocycles. The molecule has 2 aliphatic rings. The number of nitrogens with one attached hydrogen (secondary N) is 1. The molecule has 1 N–H and O–H groups in total. The Morgan fingerprint density at radius 3 is 2.88 bits per heavy atom. The smallest absolute Gasteiger partial charge is 0.231 e. The van der Waals surface area contributed by atoms with Crippen LogP contribution in [0.1, 0.15) is 18.0 Å². The molecule has 2 aliphatic heterocycles. The highest BCUT2D eigenvalue weighted by Gasteiger charge is 2.29. The molecule has 0 spiro atoms. The van der Waals surface area contributed by atoms with E-state index in [1.807, 2.05) is 30.3 Å². The fraction of sp³-hybridized carbons (Fsp3) is 0.333. The number of ether oxygens (including phenoxy) is 3. The van der Waals surface area contributed by atoms with Crippen LogP contribution in [0.5, 0.6) is 17.2 Å². The predicted molar refractivity (Wildman–Crippen MR) is 91.9 cm³/mol. The van der Waals surface area contributed by atoms with E-state index in [-0.39, 0.29) is 18.6 Å². The number of fused-ring (bicyclic) bond motifs is 2. The molecule has 132 valence electrons. The highest BCUT2D eigenvalue weighted by atomic mass is 32.2. The number of rotatable bonds is 5. The topological polar surface area (TPSA) is 73.9 Å². The molecule has 0 aliphatic carbocycles. The maximum atomic E-state index is 12.2. The maximum absolute atomic E-state index is 12.2. The van der Waals surface area contributed by atoms with Crippen molar-refractivity contribution in [2.45, 2.75) is 17.4 Å². The van der Waals surface area contributed by atoms with Gasteiger partial charge in [-0.2, -0.15) is 0 Å². The zero-order valence-corrected chi connectivity index (χ0v) is 14.4. The zero-order valence-electron chi connectivity index (χ0n) is 13.6. The van der Waals surface area contributed by atoms with Crippen LogP contribution in [0, 0.1) is 0 Å². The van der Waals surface area contributed by atoms with Gasteiger partial charge in [0.05, 0.1) is 10.6 Å². The van der Waals surface area contributed by atoms with Gasteiger partial charge >= 0.3 is 0 Å². The van der Waals surface area contributed by atoms with Gasteiger partial charge in [-0.25, -0.2) is 8.42 Å². The lowest BCUT2D eigenvalue weighted by Crippen LogP contribution is -2.32. The molecule has 0 radical (unpaired) electrons. The molecule has 0 aromatic heterocycles. The second-order valence-electron chi connectivity index (χ2n) is 6.02. The summed E-state index contributed by atoms with van der Waals surface area (Å²) in [4.78, 5) is 0.440. The minimum atomic E-state index is -3.15. The van der Waals surface area contributed by atoms with Gasteiger partial charge < -0.3 is 19.5 Å². The van der Waals surface area contributed by atoms with Crippen LogP contribution >= 0.6 is 0 Å². The van der Waals surface area contributed by atoms with Crippen molar-refractivity contribution >= 4 is 9.84 Å². The van der Waals surface area contributed by atoms with Gasteiger partial charge in [0.2, 0.25) is 6.79 Å².